The van der Waals surface area contributed by atoms with E-state index >= 15 is 0 Å². The number of nitrogens with zero attached hydrogens (tertiary/aromatic N) is 3. The Bertz CT molecular complexity index is 1460. The van der Waals surface area contributed by atoms with E-state index in [1.54, 1.807) is 6.20 Å². The number of aromatic nitrogens is 4. The lowest BCUT2D eigenvalue weighted by Crippen LogP contribution is -2.31. The molecule has 5 aromatic rings. The molecule has 1 saturated carbocycles. The molecule has 1 aliphatic rings. The molecule has 0 spiro atoms. The van der Waals surface area contributed by atoms with E-state index in [-0.39, 0.29) is 5.91 Å². The van der Waals surface area contributed by atoms with Crippen molar-refractivity contribution in [2.24, 2.45) is 5.92 Å². The first-order valence-corrected chi connectivity index (χ1v) is 12.2. The Morgan fingerprint density at radius 3 is 2.63 bits per heavy atom. The molecule has 1 fully saturated rings. The van der Waals surface area contributed by atoms with Gasteiger partial charge in [-0.1, -0.05) is 36.4 Å². The van der Waals surface area contributed by atoms with Gasteiger partial charge in [-0.05, 0) is 55.9 Å². The van der Waals surface area contributed by atoms with Gasteiger partial charge in [-0.2, -0.15) is 0 Å². The molecule has 0 saturated heterocycles. The van der Waals surface area contributed by atoms with Gasteiger partial charge in [0.2, 0.25) is 0 Å². The predicted octanol–water partition coefficient (Wildman–Crippen LogP) is 5.16. The van der Waals surface area contributed by atoms with E-state index < -0.39 is 0 Å². The maximum absolute atomic E-state index is 12.4. The number of benzene rings is 2. The highest BCUT2D eigenvalue weighted by Crippen LogP contribution is 2.38. The number of rotatable bonds is 5. The third-order valence-electron chi connectivity index (χ3n) is 7.19. The van der Waals surface area contributed by atoms with Gasteiger partial charge >= 0.3 is 0 Å². The summed E-state index contributed by atoms with van der Waals surface area (Å²) >= 11 is 0. The first-order chi connectivity index (χ1) is 17.2. The second kappa shape index (κ2) is 8.91. The third-order valence-corrected chi connectivity index (χ3v) is 7.19. The molecule has 6 rings (SSSR count). The number of nitrogens with two attached hydrogens (primary N) is 1. The minimum Gasteiger partial charge on any atom is -0.382 e. The number of anilines is 1. The lowest BCUT2D eigenvalue weighted by atomic mass is 9.81. The average Bonchev–Trinajstić information content (AvgIpc) is 3.51. The number of nitrogens with one attached hydrogen (secondary N) is 2. The van der Waals surface area contributed by atoms with Crippen LogP contribution in [0.3, 0.4) is 0 Å². The standard InChI is InChI=1S/C28H28N6O/c29-26-25-24(23-16-21-8-4-5-9-22(21)32-23)33-27(34(25)15-14-30-26)19-12-10-18(11-13-19)17-31-28(35)20-6-2-1-3-7-20/h1-9,14-16,18-19,32H,10-13,17H2,(H2,29,30)(H,31,35)/t18-,19-. The fraction of sp³-hybridized carbons (Fsp3) is 0.250. The van der Waals surface area contributed by atoms with Crippen LogP contribution in [0.5, 0.6) is 0 Å². The molecule has 2 aromatic carbocycles. The molecule has 0 aliphatic heterocycles. The first kappa shape index (κ1) is 21.4. The van der Waals surface area contributed by atoms with Crippen molar-refractivity contribution in [1.29, 1.82) is 0 Å². The number of nitrogen functional groups attached to an aromatic ring is 1. The van der Waals surface area contributed by atoms with Crippen molar-refractivity contribution in [1.82, 2.24) is 24.7 Å². The highest BCUT2D eigenvalue weighted by Gasteiger charge is 2.28. The van der Waals surface area contributed by atoms with E-state index in [1.165, 1.54) is 0 Å². The molecular weight excluding hydrogens is 436 g/mol. The summed E-state index contributed by atoms with van der Waals surface area (Å²) in [5, 5.41) is 4.25. The van der Waals surface area contributed by atoms with Crippen molar-refractivity contribution < 1.29 is 4.79 Å². The van der Waals surface area contributed by atoms with E-state index in [0.29, 0.717) is 29.8 Å². The van der Waals surface area contributed by atoms with Gasteiger partial charge in [-0.3, -0.25) is 9.20 Å². The number of para-hydroxylation sites is 1. The molecule has 0 bridgehead atoms. The third kappa shape index (κ3) is 4.03. The smallest absolute Gasteiger partial charge is 0.251 e. The molecular formula is C28H28N6O. The van der Waals surface area contributed by atoms with E-state index in [9.17, 15) is 4.79 Å². The van der Waals surface area contributed by atoms with Crippen molar-refractivity contribution >= 4 is 28.1 Å². The van der Waals surface area contributed by atoms with Crippen molar-refractivity contribution in [3.8, 4) is 11.4 Å². The number of fused-ring (bicyclic) bond motifs is 2. The predicted molar refractivity (Wildman–Crippen MR) is 138 cm³/mol. The second-order valence-corrected chi connectivity index (χ2v) is 9.41. The van der Waals surface area contributed by atoms with Crippen LogP contribution in [0.2, 0.25) is 0 Å². The minimum atomic E-state index is -0.00192. The van der Waals surface area contributed by atoms with Crippen LogP contribution in [0.4, 0.5) is 5.82 Å². The minimum absolute atomic E-state index is 0.00192. The van der Waals surface area contributed by atoms with Gasteiger partial charge < -0.3 is 16.0 Å². The van der Waals surface area contributed by atoms with Crippen LogP contribution in [-0.2, 0) is 0 Å². The van der Waals surface area contributed by atoms with Gasteiger partial charge in [-0.25, -0.2) is 9.97 Å². The zero-order chi connectivity index (χ0) is 23.8. The highest BCUT2D eigenvalue weighted by molar-refractivity contribution is 5.94. The Kier molecular flexibility index (Phi) is 5.45. The highest BCUT2D eigenvalue weighted by atomic mass is 16.1. The molecule has 1 aliphatic carbocycles. The molecule has 4 N–H and O–H groups in total. The number of aromatic amines is 1. The number of imidazole rings is 1. The number of hydrogen-bond acceptors (Lipinski definition) is 4. The number of hydrogen-bond donors (Lipinski definition) is 3. The summed E-state index contributed by atoms with van der Waals surface area (Å²) in [4.78, 5) is 25.4. The summed E-state index contributed by atoms with van der Waals surface area (Å²) < 4.78 is 2.12. The molecule has 1 amide bonds. The summed E-state index contributed by atoms with van der Waals surface area (Å²) in [5.74, 6) is 2.33. The molecule has 176 valence electrons. The van der Waals surface area contributed by atoms with Crippen LogP contribution in [0.25, 0.3) is 27.8 Å². The van der Waals surface area contributed by atoms with Gasteiger partial charge in [0.25, 0.3) is 5.91 Å². The van der Waals surface area contributed by atoms with Crippen molar-refractivity contribution in [3.63, 3.8) is 0 Å². The summed E-state index contributed by atoms with van der Waals surface area (Å²) in [7, 11) is 0. The number of carbonyl (C=O) groups excluding carboxylic acids is 1. The zero-order valence-electron chi connectivity index (χ0n) is 19.4. The lowest BCUT2D eigenvalue weighted by Gasteiger charge is -2.28. The van der Waals surface area contributed by atoms with Gasteiger partial charge in [0.1, 0.15) is 22.9 Å². The van der Waals surface area contributed by atoms with Crippen LogP contribution in [0.15, 0.2) is 73.1 Å². The quantitative estimate of drug-likeness (QED) is 0.334. The van der Waals surface area contributed by atoms with E-state index in [4.69, 9.17) is 10.7 Å². The largest absolute Gasteiger partial charge is 0.382 e. The summed E-state index contributed by atoms with van der Waals surface area (Å²) in [5.41, 5.74) is 10.8. The Morgan fingerprint density at radius 2 is 1.83 bits per heavy atom. The number of amides is 1. The molecule has 7 heteroatoms. The zero-order valence-corrected chi connectivity index (χ0v) is 19.4. The van der Waals surface area contributed by atoms with Crippen LogP contribution < -0.4 is 11.1 Å². The number of carbonyl (C=O) groups is 1. The normalized spacial score (nSPS) is 18.2. The Hall–Kier alpha value is -4.13. The van der Waals surface area contributed by atoms with Gasteiger partial charge in [0.05, 0.1) is 5.69 Å². The molecule has 0 radical (unpaired) electrons. The Balaban J connectivity index is 1.21. The van der Waals surface area contributed by atoms with Gasteiger partial charge in [0.15, 0.2) is 0 Å². The molecule has 7 nitrogen and oxygen atoms in total. The Labute approximate surface area is 203 Å². The first-order valence-electron chi connectivity index (χ1n) is 12.2. The van der Waals surface area contributed by atoms with Crippen molar-refractivity contribution in [2.75, 3.05) is 12.3 Å². The SMILES string of the molecule is Nc1nccn2c1c(-c1cc3ccccc3[nH]1)nc2[C@H]1CC[C@H](CNC(=O)c2ccccc2)CC1. The van der Waals surface area contributed by atoms with Crippen LogP contribution in [0.1, 0.15) is 47.8 Å². The summed E-state index contributed by atoms with van der Waals surface area (Å²) in [6.45, 7) is 0.708. The monoisotopic (exact) mass is 464 g/mol. The van der Waals surface area contributed by atoms with Crippen LogP contribution in [-0.4, -0.2) is 31.8 Å². The van der Waals surface area contributed by atoms with Crippen molar-refractivity contribution in [3.05, 3.63) is 84.4 Å². The molecule has 3 aromatic heterocycles. The molecule has 35 heavy (non-hydrogen) atoms. The summed E-state index contributed by atoms with van der Waals surface area (Å²) in [6, 6.07) is 19.7. The summed E-state index contributed by atoms with van der Waals surface area (Å²) in [6.07, 6.45) is 7.87. The topological polar surface area (TPSA) is 101 Å². The average molecular weight is 465 g/mol. The van der Waals surface area contributed by atoms with Gasteiger partial charge in [0, 0.05) is 41.3 Å². The van der Waals surface area contributed by atoms with E-state index in [1.807, 2.05) is 48.7 Å². The maximum Gasteiger partial charge on any atom is 0.251 e. The van der Waals surface area contributed by atoms with Crippen LogP contribution in [0, 0.1) is 5.92 Å². The molecule has 0 unspecified atom stereocenters. The van der Waals surface area contributed by atoms with E-state index in [2.05, 4.69) is 37.9 Å². The second-order valence-electron chi connectivity index (χ2n) is 9.41. The maximum atomic E-state index is 12.4. The van der Waals surface area contributed by atoms with E-state index in [0.717, 1.165) is 59.3 Å². The van der Waals surface area contributed by atoms with Crippen LogP contribution >= 0.6 is 0 Å². The lowest BCUT2D eigenvalue weighted by molar-refractivity contribution is 0.0942. The van der Waals surface area contributed by atoms with Crippen molar-refractivity contribution in [2.45, 2.75) is 31.6 Å². The molecule has 3 heterocycles. The number of H-pyrrole nitrogens is 1. The fourth-order valence-electron chi connectivity index (χ4n) is 5.32. The van der Waals surface area contributed by atoms with Gasteiger partial charge in [-0.15, -0.1) is 0 Å². The molecule has 0 atom stereocenters. The Morgan fingerprint density at radius 1 is 1.06 bits per heavy atom. The fourth-order valence-corrected chi connectivity index (χ4v) is 5.32.